The highest BCUT2D eigenvalue weighted by Crippen LogP contribution is 2.48. The molecule has 0 saturated heterocycles. The number of fused-ring (bicyclic) bond motifs is 9. The van der Waals surface area contributed by atoms with Gasteiger partial charge in [0.1, 0.15) is 0 Å². The minimum atomic E-state index is 1.37. The first-order valence-electron chi connectivity index (χ1n) is 6.99. The fourth-order valence-electron chi connectivity index (χ4n) is 3.32. The van der Waals surface area contributed by atoms with Gasteiger partial charge < -0.3 is 0 Å². The first-order valence-corrected chi connectivity index (χ1v) is 10.5. The monoisotopic (exact) mass is 352 g/mol. The van der Waals surface area contributed by atoms with Gasteiger partial charge >= 0.3 is 0 Å². The highest BCUT2D eigenvalue weighted by molar-refractivity contribution is 7.37. The molecule has 4 aromatic heterocycles. The van der Waals surface area contributed by atoms with E-state index in [1.807, 2.05) is 22.7 Å². The Morgan fingerprint density at radius 1 is 0.545 bits per heavy atom. The van der Waals surface area contributed by atoms with Crippen LogP contribution in [0.25, 0.3) is 51.1 Å². The van der Waals surface area contributed by atoms with Crippen LogP contribution in [-0.2, 0) is 0 Å². The third-order valence-electron chi connectivity index (χ3n) is 4.33. The van der Waals surface area contributed by atoms with Crippen LogP contribution >= 0.6 is 45.3 Å². The average Bonchev–Trinajstić information content (AvgIpc) is 3.27. The van der Waals surface area contributed by atoms with Gasteiger partial charge in [0.2, 0.25) is 0 Å². The Morgan fingerprint density at radius 2 is 1.05 bits per heavy atom. The molecule has 0 aliphatic heterocycles. The molecule has 6 rings (SSSR count). The van der Waals surface area contributed by atoms with Crippen molar-refractivity contribution in [3.63, 3.8) is 0 Å². The zero-order valence-electron chi connectivity index (χ0n) is 11.3. The Hall–Kier alpha value is -1.46. The third kappa shape index (κ3) is 1.37. The smallest absolute Gasteiger partial charge is 0.0548 e. The molecule has 0 amide bonds. The van der Waals surface area contributed by atoms with Crippen molar-refractivity contribution in [2.45, 2.75) is 0 Å². The summed E-state index contributed by atoms with van der Waals surface area (Å²) in [7, 11) is 0. The molecule has 22 heavy (non-hydrogen) atoms. The fourth-order valence-corrected chi connectivity index (χ4v) is 7.69. The van der Waals surface area contributed by atoms with Gasteiger partial charge in [0.25, 0.3) is 0 Å². The van der Waals surface area contributed by atoms with E-state index < -0.39 is 0 Å². The number of hydrogen-bond acceptors (Lipinski definition) is 4. The van der Waals surface area contributed by atoms with Crippen molar-refractivity contribution < 1.29 is 0 Å². The zero-order chi connectivity index (χ0) is 14.3. The largest absolute Gasteiger partial charge is 0.151 e. The van der Waals surface area contributed by atoms with Gasteiger partial charge in [-0.1, -0.05) is 12.1 Å². The van der Waals surface area contributed by atoms with Crippen LogP contribution in [0, 0.1) is 0 Å². The minimum Gasteiger partial charge on any atom is -0.151 e. The molecule has 0 aliphatic rings. The topological polar surface area (TPSA) is 0 Å². The fraction of sp³-hybridized carbons (Fsp3) is 0. The van der Waals surface area contributed by atoms with Crippen LogP contribution in [0.1, 0.15) is 0 Å². The summed E-state index contributed by atoms with van der Waals surface area (Å²) in [4.78, 5) is 0. The van der Waals surface area contributed by atoms with E-state index in [9.17, 15) is 0 Å². The van der Waals surface area contributed by atoms with E-state index in [0.29, 0.717) is 0 Å². The summed E-state index contributed by atoms with van der Waals surface area (Å²) >= 11 is 7.51. The lowest BCUT2D eigenvalue weighted by atomic mass is 10.1. The molecule has 0 atom stereocenters. The lowest BCUT2D eigenvalue weighted by molar-refractivity contribution is 2.03. The van der Waals surface area contributed by atoms with Gasteiger partial charge in [-0.3, -0.25) is 0 Å². The quantitative estimate of drug-likeness (QED) is 0.263. The molecule has 104 valence electrons. The Balaban J connectivity index is 1.98. The standard InChI is InChI=1S/C18H8S4/c1-3-13-15(11-7-19-5-9(1)11)17-18(21-13)16-12-8-20-6-10(12)2-4-14(16)22-17/h1-8H. The van der Waals surface area contributed by atoms with Gasteiger partial charge in [0, 0.05) is 30.9 Å². The SMILES string of the molecule is c1cc2sc3c(sc4ccc5cscc5c43)c2c2cscc12. The molecule has 0 radical (unpaired) electrons. The van der Waals surface area contributed by atoms with Crippen LogP contribution in [-0.4, -0.2) is 0 Å². The first kappa shape index (κ1) is 12.0. The maximum Gasteiger partial charge on any atom is 0.0548 e. The van der Waals surface area contributed by atoms with E-state index in [0.717, 1.165) is 0 Å². The second-order valence-corrected chi connectivity index (χ2v) is 9.08. The summed E-state index contributed by atoms with van der Waals surface area (Å²) in [6.45, 7) is 0. The number of thiophene rings is 4. The lowest BCUT2D eigenvalue weighted by Gasteiger charge is -1.94. The molecule has 0 saturated carbocycles. The second kappa shape index (κ2) is 4.09. The van der Waals surface area contributed by atoms with Crippen molar-refractivity contribution in [3.8, 4) is 0 Å². The van der Waals surface area contributed by atoms with Crippen molar-refractivity contribution in [1.82, 2.24) is 0 Å². The average molecular weight is 353 g/mol. The molecule has 0 nitrogen and oxygen atoms in total. The molecule has 0 fully saturated rings. The van der Waals surface area contributed by atoms with Gasteiger partial charge in [-0.2, -0.15) is 22.7 Å². The Bertz CT molecular complexity index is 1220. The number of benzene rings is 2. The molecular weight excluding hydrogens is 344 g/mol. The Labute approximate surface area is 141 Å². The van der Waals surface area contributed by atoms with Crippen LogP contribution in [0.5, 0.6) is 0 Å². The first-order chi connectivity index (χ1) is 10.9. The normalized spacial score (nSPS) is 12.5. The summed E-state index contributed by atoms with van der Waals surface area (Å²) in [5.41, 5.74) is 0. The van der Waals surface area contributed by atoms with E-state index in [1.165, 1.54) is 51.1 Å². The summed E-state index contributed by atoms with van der Waals surface area (Å²) < 4.78 is 5.78. The maximum absolute atomic E-state index is 2.30. The van der Waals surface area contributed by atoms with Crippen LogP contribution in [0.3, 0.4) is 0 Å². The van der Waals surface area contributed by atoms with Crippen LogP contribution in [0.4, 0.5) is 0 Å². The van der Waals surface area contributed by atoms with Gasteiger partial charge in [0.05, 0.1) is 9.40 Å². The van der Waals surface area contributed by atoms with Crippen LogP contribution in [0.2, 0.25) is 0 Å². The summed E-state index contributed by atoms with van der Waals surface area (Å²) in [6, 6.07) is 9.11. The molecule has 0 bridgehead atoms. The summed E-state index contributed by atoms with van der Waals surface area (Å²) in [5.74, 6) is 0. The van der Waals surface area contributed by atoms with Crippen molar-refractivity contribution in [3.05, 3.63) is 45.8 Å². The minimum absolute atomic E-state index is 1.37. The van der Waals surface area contributed by atoms with E-state index in [1.54, 1.807) is 22.7 Å². The molecule has 0 spiro atoms. The van der Waals surface area contributed by atoms with E-state index >= 15 is 0 Å². The second-order valence-electron chi connectivity index (χ2n) is 5.49. The van der Waals surface area contributed by atoms with Crippen LogP contribution < -0.4 is 0 Å². The maximum atomic E-state index is 2.30. The predicted octanol–water partition coefficient (Wildman–Crippen LogP) is 7.70. The van der Waals surface area contributed by atoms with Crippen molar-refractivity contribution in [2.75, 3.05) is 0 Å². The molecular formula is C18H8S4. The van der Waals surface area contributed by atoms with Gasteiger partial charge in [0.15, 0.2) is 0 Å². The van der Waals surface area contributed by atoms with Crippen LogP contribution in [0.15, 0.2) is 45.8 Å². The van der Waals surface area contributed by atoms with Crippen molar-refractivity contribution in [2.24, 2.45) is 0 Å². The van der Waals surface area contributed by atoms with Crippen molar-refractivity contribution >= 4 is 96.5 Å². The van der Waals surface area contributed by atoms with Gasteiger partial charge in [-0.15, -0.1) is 22.7 Å². The summed E-state index contributed by atoms with van der Waals surface area (Å²) in [5, 5.41) is 17.6. The molecule has 0 N–H and O–H groups in total. The molecule has 4 heteroatoms. The highest BCUT2D eigenvalue weighted by atomic mass is 32.1. The van der Waals surface area contributed by atoms with E-state index in [-0.39, 0.29) is 0 Å². The molecule has 6 aromatic rings. The third-order valence-corrected chi connectivity index (χ3v) is 8.33. The molecule has 4 heterocycles. The molecule has 0 aliphatic carbocycles. The Kier molecular flexibility index (Phi) is 2.23. The van der Waals surface area contributed by atoms with E-state index in [4.69, 9.17) is 0 Å². The van der Waals surface area contributed by atoms with Gasteiger partial charge in [-0.25, -0.2) is 0 Å². The predicted molar refractivity (Wildman–Crippen MR) is 105 cm³/mol. The highest BCUT2D eigenvalue weighted by Gasteiger charge is 2.16. The summed E-state index contributed by atoms with van der Waals surface area (Å²) in [6.07, 6.45) is 0. The number of rotatable bonds is 0. The lowest BCUT2D eigenvalue weighted by Crippen LogP contribution is -1.65. The zero-order valence-corrected chi connectivity index (χ0v) is 14.5. The van der Waals surface area contributed by atoms with Gasteiger partial charge in [-0.05, 0) is 44.4 Å². The molecule has 2 aromatic carbocycles. The molecule has 0 unspecified atom stereocenters. The Morgan fingerprint density at radius 3 is 1.55 bits per heavy atom. The van der Waals surface area contributed by atoms with Crippen molar-refractivity contribution in [1.29, 1.82) is 0 Å². The van der Waals surface area contributed by atoms with E-state index in [2.05, 4.69) is 45.8 Å². The number of hydrogen-bond donors (Lipinski definition) is 0.